The summed E-state index contributed by atoms with van der Waals surface area (Å²) in [6, 6.07) is 7.04. The van der Waals surface area contributed by atoms with Crippen LogP contribution in [0.3, 0.4) is 0 Å². The maximum atomic E-state index is 13.8. The highest BCUT2D eigenvalue weighted by molar-refractivity contribution is 7.98. The topological polar surface area (TPSA) is 38.2 Å². The zero-order chi connectivity index (χ0) is 17.1. The molecular weight excluding hydrogens is 345 g/mol. The van der Waals surface area contributed by atoms with Crippen LogP contribution in [0.4, 0.5) is 10.2 Å². The second kappa shape index (κ2) is 7.72. The summed E-state index contributed by atoms with van der Waals surface area (Å²) in [6.07, 6.45) is 3.94. The molecular formula is C17H20FN3OS2. The predicted octanol–water partition coefficient (Wildman–Crippen LogP) is 3.95. The number of morpholine rings is 1. The van der Waals surface area contributed by atoms with Crippen molar-refractivity contribution in [3.8, 4) is 11.3 Å². The highest BCUT2D eigenvalue weighted by Gasteiger charge is 2.22. The van der Waals surface area contributed by atoms with Crippen molar-refractivity contribution in [1.29, 1.82) is 0 Å². The molecule has 0 aliphatic carbocycles. The molecule has 128 valence electrons. The Bertz CT molecular complexity index is 729. The lowest BCUT2D eigenvalue weighted by molar-refractivity contribution is 0.0984. The maximum absolute atomic E-state index is 13.8. The number of benzene rings is 1. The van der Waals surface area contributed by atoms with Crippen molar-refractivity contribution in [3.63, 3.8) is 0 Å². The Hall–Kier alpha value is -1.31. The molecule has 0 bridgehead atoms. The summed E-state index contributed by atoms with van der Waals surface area (Å²) >= 11 is 3.08. The fourth-order valence-electron chi connectivity index (χ4n) is 2.74. The van der Waals surface area contributed by atoms with Gasteiger partial charge in [0.05, 0.1) is 24.9 Å². The van der Waals surface area contributed by atoms with E-state index in [2.05, 4.69) is 21.8 Å². The van der Waals surface area contributed by atoms with E-state index in [1.807, 2.05) is 18.6 Å². The number of hydrogen-bond donors (Lipinski definition) is 0. The van der Waals surface area contributed by atoms with Gasteiger partial charge in [-0.2, -0.15) is 0 Å². The third kappa shape index (κ3) is 3.68. The first kappa shape index (κ1) is 17.5. The average Bonchev–Trinajstić information content (AvgIpc) is 2.61. The van der Waals surface area contributed by atoms with Gasteiger partial charge in [-0.1, -0.05) is 11.8 Å². The van der Waals surface area contributed by atoms with Crippen molar-refractivity contribution in [2.75, 3.05) is 37.2 Å². The van der Waals surface area contributed by atoms with Gasteiger partial charge in [-0.15, -0.1) is 11.8 Å². The standard InChI is InChI=1S/C17H20FN3OS2/c1-11-10-22-7-6-21(11)16-9-14(19-17(20-16)24-3)13-8-12(18)4-5-15(13)23-2/h4-5,8-9,11H,6-7,10H2,1-3H3/t11-/m0/s1. The van der Waals surface area contributed by atoms with Crippen molar-refractivity contribution >= 4 is 29.3 Å². The smallest absolute Gasteiger partial charge is 0.189 e. The lowest BCUT2D eigenvalue weighted by atomic mass is 10.1. The molecule has 1 aliphatic heterocycles. The number of halogens is 1. The molecule has 3 rings (SSSR count). The van der Waals surface area contributed by atoms with Crippen LogP contribution in [-0.4, -0.2) is 48.3 Å². The third-order valence-electron chi connectivity index (χ3n) is 3.97. The van der Waals surface area contributed by atoms with Crippen molar-refractivity contribution in [1.82, 2.24) is 9.97 Å². The summed E-state index contributed by atoms with van der Waals surface area (Å²) in [5.41, 5.74) is 1.56. The van der Waals surface area contributed by atoms with E-state index >= 15 is 0 Å². The second-order valence-corrected chi connectivity index (χ2v) is 7.18. The van der Waals surface area contributed by atoms with Gasteiger partial charge in [0.1, 0.15) is 11.6 Å². The first-order valence-corrected chi connectivity index (χ1v) is 10.2. The Morgan fingerprint density at radius 3 is 2.75 bits per heavy atom. The number of aromatic nitrogens is 2. The van der Waals surface area contributed by atoms with E-state index in [0.29, 0.717) is 18.4 Å². The minimum absolute atomic E-state index is 0.253. The van der Waals surface area contributed by atoms with Crippen LogP contribution in [0.1, 0.15) is 6.92 Å². The van der Waals surface area contributed by atoms with Crippen LogP contribution in [0.5, 0.6) is 0 Å². The molecule has 0 unspecified atom stereocenters. The monoisotopic (exact) mass is 365 g/mol. The zero-order valence-electron chi connectivity index (χ0n) is 14.0. The van der Waals surface area contributed by atoms with Crippen molar-refractivity contribution in [2.24, 2.45) is 0 Å². The highest BCUT2D eigenvalue weighted by Crippen LogP contribution is 2.33. The first-order chi connectivity index (χ1) is 11.6. The molecule has 1 atom stereocenters. The highest BCUT2D eigenvalue weighted by atomic mass is 32.2. The quantitative estimate of drug-likeness (QED) is 0.603. The summed E-state index contributed by atoms with van der Waals surface area (Å²) in [4.78, 5) is 12.5. The summed E-state index contributed by atoms with van der Waals surface area (Å²) in [6.45, 7) is 4.29. The van der Waals surface area contributed by atoms with Gasteiger partial charge >= 0.3 is 0 Å². The van der Waals surface area contributed by atoms with E-state index in [-0.39, 0.29) is 11.9 Å². The Morgan fingerprint density at radius 1 is 1.21 bits per heavy atom. The SMILES string of the molecule is CSc1nc(-c2cc(F)ccc2SC)cc(N2CCOC[C@@H]2C)n1. The Kier molecular flexibility index (Phi) is 5.63. The molecule has 1 aromatic carbocycles. The van der Waals surface area contributed by atoms with Gasteiger partial charge in [-0.25, -0.2) is 14.4 Å². The molecule has 2 aromatic rings. The molecule has 0 amide bonds. The van der Waals surface area contributed by atoms with Gasteiger partial charge in [0, 0.05) is 23.1 Å². The van der Waals surface area contributed by atoms with E-state index in [4.69, 9.17) is 4.74 Å². The summed E-state index contributed by atoms with van der Waals surface area (Å²) in [5, 5.41) is 0.692. The maximum Gasteiger partial charge on any atom is 0.189 e. The van der Waals surface area contributed by atoms with Gasteiger partial charge in [-0.3, -0.25) is 0 Å². The van der Waals surface area contributed by atoms with Gasteiger partial charge in [0.2, 0.25) is 0 Å². The number of nitrogens with zero attached hydrogens (tertiary/aromatic N) is 3. The summed E-state index contributed by atoms with van der Waals surface area (Å²) in [5.74, 6) is 0.616. The summed E-state index contributed by atoms with van der Waals surface area (Å²) in [7, 11) is 0. The Morgan fingerprint density at radius 2 is 2.04 bits per heavy atom. The van der Waals surface area contributed by atoms with Crippen LogP contribution >= 0.6 is 23.5 Å². The van der Waals surface area contributed by atoms with Crippen LogP contribution in [0.2, 0.25) is 0 Å². The number of hydrogen-bond acceptors (Lipinski definition) is 6. The second-order valence-electron chi connectivity index (χ2n) is 5.56. The van der Waals surface area contributed by atoms with Gasteiger partial charge in [0.15, 0.2) is 5.16 Å². The molecule has 0 saturated carbocycles. The molecule has 0 N–H and O–H groups in total. The van der Waals surface area contributed by atoms with Crippen molar-refractivity contribution in [2.45, 2.75) is 23.0 Å². The zero-order valence-corrected chi connectivity index (χ0v) is 15.6. The molecule has 1 aliphatic rings. The van der Waals surface area contributed by atoms with E-state index in [0.717, 1.165) is 28.5 Å². The van der Waals surface area contributed by atoms with Crippen LogP contribution in [-0.2, 0) is 4.74 Å². The number of ether oxygens (including phenoxy) is 1. The van der Waals surface area contributed by atoms with E-state index in [1.165, 1.54) is 17.8 Å². The normalized spacial score (nSPS) is 18.0. The van der Waals surface area contributed by atoms with E-state index in [1.54, 1.807) is 23.9 Å². The Labute approximate surface area is 150 Å². The fraction of sp³-hybridized carbons (Fsp3) is 0.412. The molecule has 2 heterocycles. The van der Waals surface area contributed by atoms with E-state index < -0.39 is 0 Å². The summed E-state index contributed by atoms with van der Waals surface area (Å²) < 4.78 is 19.3. The molecule has 24 heavy (non-hydrogen) atoms. The van der Waals surface area contributed by atoms with Crippen LogP contribution in [0.15, 0.2) is 34.3 Å². The lowest BCUT2D eigenvalue weighted by Crippen LogP contribution is -2.44. The van der Waals surface area contributed by atoms with Crippen LogP contribution < -0.4 is 4.90 Å². The van der Waals surface area contributed by atoms with Crippen LogP contribution in [0.25, 0.3) is 11.3 Å². The number of rotatable bonds is 4. The van der Waals surface area contributed by atoms with Gasteiger partial charge < -0.3 is 9.64 Å². The number of anilines is 1. The predicted molar refractivity (Wildman–Crippen MR) is 98.6 cm³/mol. The first-order valence-electron chi connectivity index (χ1n) is 7.73. The molecule has 7 heteroatoms. The molecule has 1 aromatic heterocycles. The molecule has 1 fully saturated rings. The van der Waals surface area contributed by atoms with Gasteiger partial charge in [0.25, 0.3) is 0 Å². The van der Waals surface area contributed by atoms with Crippen LogP contribution in [0, 0.1) is 5.82 Å². The minimum Gasteiger partial charge on any atom is -0.377 e. The molecule has 0 radical (unpaired) electrons. The van der Waals surface area contributed by atoms with Crippen molar-refractivity contribution < 1.29 is 9.13 Å². The third-order valence-corrected chi connectivity index (χ3v) is 5.32. The molecule has 0 spiro atoms. The fourth-order valence-corrected chi connectivity index (χ4v) is 3.70. The minimum atomic E-state index is -0.256. The largest absolute Gasteiger partial charge is 0.377 e. The molecule has 1 saturated heterocycles. The average molecular weight is 365 g/mol. The number of thioether (sulfide) groups is 2. The molecule has 4 nitrogen and oxygen atoms in total. The van der Waals surface area contributed by atoms with Crippen molar-refractivity contribution in [3.05, 3.63) is 30.1 Å². The van der Waals surface area contributed by atoms with Gasteiger partial charge in [-0.05, 0) is 37.6 Å². The van der Waals surface area contributed by atoms with E-state index in [9.17, 15) is 4.39 Å². The lowest BCUT2D eigenvalue weighted by Gasteiger charge is -2.34. The Balaban J connectivity index is 2.08.